The number of rotatable bonds is 4. The maximum Gasteiger partial charge on any atom is 0.387 e. The molecule has 0 spiro atoms. The van der Waals surface area contributed by atoms with Crippen LogP contribution >= 0.6 is 0 Å². The molecule has 0 saturated carbocycles. The molecule has 0 aliphatic heterocycles. The predicted molar refractivity (Wildman–Crippen MR) is 45.7 cm³/mol. The number of carboxylic acid groups (broad SMARTS) is 1. The first-order chi connectivity index (χ1) is 7.00. The normalized spacial score (nSPS) is 12.5. The molecule has 6 heteroatoms. The van der Waals surface area contributed by atoms with Crippen molar-refractivity contribution in [3.63, 3.8) is 0 Å². The quantitative estimate of drug-likeness (QED) is 0.801. The van der Waals surface area contributed by atoms with Gasteiger partial charge < -0.3 is 14.9 Å². The van der Waals surface area contributed by atoms with Gasteiger partial charge >= 0.3 is 12.6 Å². The van der Waals surface area contributed by atoms with Crippen LogP contribution in [0, 0.1) is 0 Å². The minimum absolute atomic E-state index is 0.0133. The molecule has 0 aromatic heterocycles. The maximum absolute atomic E-state index is 11.8. The number of hydrogen-bond acceptors (Lipinski definition) is 3. The summed E-state index contributed by atoms with van der Waals surface area (Å²) in [5, 5.41) is 17.6. The van der Waals surface area contributed by atoms with E-state index in [2.05, 4.69) is 4.74 Å². The van der Waals surface area contributed by atoms with Gasteiger partial charge in [0.1, 0.15) is 5.75 Å². The monoisotopic (exact) mass is 218 g/mol. The van der Waals surface area contributed by atoms with Gasteiger partial charge in [-0.2, -0.15) is 8.78 Å². The first kappa shape index (κ1) is 11.4. The first-order valence-corrected chi connectivity index (χ1v) is 3.96. The average molecular weight is 218 g/mol. The van der Waals surface area contributed by atoms with E-state index in [-0.39, 0.29) is 11.3 Å². The van der Waals surface area contributed by atoms with Crippen molar-refractivity contribution < 1.29 is 28.5 Å². The van der Waals surface area contributed by atoms with Gasteiger partial charge in [-0.3, -0.25) is 0 Å². The molecule has 0 aliphatic rings. The summed E-state index contributed by atoms with van der Waals surface area (Å²) < 4.78 is 27.7. The predicted octanol–water partition coefficient (Wildman–Crippen LogP) is 1.41. The van der Waals surface area contributed by atoms with Crippen molar-refractivity contribution >= 4 is 5.97 Å². The van der Waals surface area contributed by atoms with Crippen LogP contribution in [0.25, 0.3) is 0 Å². The Morgan fingerprint density at radius 3 is 2.60 bits per heavy atom. The Labute approximate surface area is 83.7 Å². The number of aliphatic carboxylic acids is 1. The van der Waals surface area contributed by atoms with Gasteiger partial charge in [-0.1, -0.05) is 12.1 Å². The highest BCUT2D eigenvalue weighted by molar-refractivity contribution is 5.74. The molecule has 82 valence electrons. The smallest absolute Gasteiger partial charge is 0.387 e. The second kappa shape index (κ2) is 4.70. The largest absolute Gasteiger partial charge is 0.479 e. The Bertz CT molecular complexity index is 354. The van der Waals surface area contributed by atoms with Crippen molar-refractivity contribution in [1.82, 2.24) is 0 Å². The fourth-order valence-corrected chi connectivity index (χ4v) is 1.00. The lowest BCUT2D eigenvalue weighted by molar-refractivity contribution is -0.146. The van der Waals surface area contributed by atoms with E-state index in [9.17, 15) is 13.6 Å². The molecule has 4 nitrogen and oxygen atoms in total. The Morgan fingerprint density at radius 2 is 2.07 bits per heavy atom. The Hall–Kier alpha value is -1.69. The van der Waals surface area contributed by atoms with E-state index in [0.717, 1.165) is 6.07 Å². The van der Waals surface area contributed by atoms with Crippen LogP contribution in [0.15, 0.2) is 24.3 Å². The number of benzene rings is 1. The van der Waals surface area contributed by atoms with E-state index in [1.165, 1.54) is 18.2 Å². The molecule has 0 aliphatic carbocycles. The summed E-state index contributed by atoms with van der Waals surface area (Å²) >= 11 is 0. The van der Waals surface area contributed by atoms with E-state index < -0.39 is 18.7 Å². The fourth-order valence-electron chi connectivity index (χ4n) is 1.00. The first-order valence-electron chi connectivity index (χ1n) is 3.96. The van der Waals surface area contributed by atoms with Crippen molar-refractivity contribution in [2.24, 2.45) is 0 Å². The molecule has 2 N–H and O–H groups in total. The molecule has 0 bridgehead atoms. The van der Waals surface area contributed by atoms with Crippen molar-refractivity contribution in [3.05, 3.63) is 29.8 Å². The van der Waals surface area contributed by atoms with Gasteiger partial charge in [-0.05, 0) is 17.7 Å². The van der Waals surface area contributed by atoms with Gasteiger partial charge in [0, 0.05) is 0 Å². The van der Waals surface area contributed by atoms with Crippen molar-refractivity contribution in [1.29, 1.82) is 0 Å². The number of alkyl halides is 2. The van der Waals surface area contributed by atoms with Crippen molar-refractivity contribution in [2.75, 3.05) is 0 Å². The van der Waals surface area contributed by atoms with E-state index in [4.69, 9.17) is 10.2 Å². The summed E-state index contributed by atoms with van der Waals surface area (Å²) in [4.78, 5) is 10.4. The molecule has 0 radical (unpaired) electrons. The van der Waals surface area contributed by atoms with Gasteiger partial charge in [-0.25, -0.2) is 4.79 Å². The van der Waals surface area contributed by atoms with Crippen LogP contribution in [0.3, 0.4) is 0 Å². The Kier molecular flexibility index (Phi) is 3.56. The second-order valence-corrected chi connectivity index (χ2v) is 2.69. The molecule has 1 atom stereocenters. The molecule has 1 aromatic carbocycles. The number of halogens is 2. The molecule has 0 unspecified atom stereocenters. The topological polar surface area (TPSA) is 66.8 Å². The van der Waals surface area contributed by atoms with Crippen LogP contribution < -0.4 is 4.74 Å². The lowest BCUT2D eigenvalue weighted by atomic mass is 10.1. The third-order valence-electron chi connectivity index (χ3n) is 1.63. The Balaban J connectivity index is 2.87. The van der Waals surface area contributed by atoms with E-state index in [0.29, 0.717) is 0 Å². The standard InChI is InChI=1S/C9H8F2O4/c10-9(11)15-6-3-1-2-5(4-6)7(12)8(13)14/h1-4,7,9,12H,(H,13,14)/t7-/m1/s1. The molecule has 0 saturated heterocycles. The molecule has 1 aromatic rings. The summed E-state index contributed by atoms with van der Waals surface area (Å²) in [6.07, 6.45) is -1.74. The SMILES string of the molecule is O=C(O)[C@H](O)c1cccc(OC(F)F)c1. The number of aliphatic hydroxyl groups is 1. The van der Waals surface area contributed by atoms with Crippen LogP contribution in [-0.2, 0) is 4.79 Å². The van der Waals surface area contributed by atoms with Crippen LogP contribution in [-0.4, -0.2) is 22.8 Å². The number of carbonyl (C=O) groups is 1. The molecule has 0 heterocycles. The fraction of sp³-hybridized carbons (Fsp3) is 0.222. The number of ether oxygens (including phenoxy) is 1. The van der Waals surface area contributed by atoms with Gasteiger partial charge in [0.15, 0.2) is 6.10 Å². The molecule has 0 fully saturated rings. The van der Waals surface area contributed by atoms with Crippen LogP contribution in [0.2, 0.25) is 0 Å². The molecular formula is C9H8F2O4. The molecule has 0 amide bonds. The van der Waals surface area contributed by atoms with Crippen LogP contribution in [0.4, 0.5) is 8.78 Å². The highest BCUT2D eigenvalue weighted by Crippen LogP contribution is 2.20. The minimum Gasteiger partial charge on any atom is -0.479 e. The number of carboxylic acids is 1. The van der Waals surface area contributed by atoms with Crippen LogP contribution in [0.1, 0.15) is 11.7 Å². The maximum atomic E-state index is 11.8. The zero-order chi connectivity index (χ0) is 11.4. The molecule has 1 rings (SSSR count). The summed E-state index contributed by atoms with van der Waals surface area (Å²) in [5.74, 6) is -1.65. The lowest BCUT2D eigenvalue weighted by Gasteiger charge is -2.08. The summed E-state index contributed by atoms with van der Waals surface area (Å²) in [5.41, 5.74) is -0.0133. The van der Waals surface area contributed by atoms with Gasteiger partial charge in [0.25, 0.3) is 0 Å². The van der Waals surface area contributed by atoms with Gasteiger partial charge in [0.05, 0.1) is 0 Å². The van der Waals surface area contributed by atoms with Crippen molar-refractivity contribution in [2.45, 2.75) is 12.7 Å². The highest BCUT2D eigenvalue weighted by Gasteiger charge is 2.16. The number of aliphatic hydroxyl groups excluding tert-OH is 1. The van der Waals surface area contributed by atoms with E-state index >= 15 is 0 Å². The zero-order valence-corrected chi connectivity index (χ0v) is 7.43. The summed E-state index contributed by atoms with van der Waals surface area (Å²) in [7, 11) is 0. The van der Waals surface area contributed by atoms with Crippen LogP contribution in [0.5, 0.6) is 5.75 Å². The third-order valence-corrected chi connectivity index (χ3v) is 1.63. The van der Waals surface area contributed by atoms with E-state index in [1.54, 1.807) is 0 Å². The van der Waals surface area contributed by atoms with Crippen molar-refractivity contribution in [3.8, 4) is 5.75 Å². The average Bonchev–Trinajstić information content (AvgIpc) is 2.16. The lowest BCUT2D eigenvalue weighted by Crippen LogP contribution is -2.10. The number of hydrogen-bond donors (Lipinski definition) is 2. The molecular weight excluding hydrogens is 210 g/mol. The summed E-state index contributed by atoms with van der Waals surface area (Å²) in [6, 6.07) is 4.91. The van der Waals surface area contributed by atoms with Gasteiger partial charge in [-0.15, -0.1) is 0 Å². The minimum atomic E-state index is -2.98. The Morgan fingerprint density at radius 1 is 1.40 bits per heavy atom. The second-order valence-electron chi connectivity index (χ2n) is 2.69. The van der Waals surface area contributed by atoms with Gasteiger partial charge in [0.2, 0.25) is 0 Å². The zero-order valence-electron chi connectivity index (χ0n) is 7.43. The van der Waals surface area contributed by atoms with E-state index in [1.807, 2.05) is 0 Å². The highest BCUT2D eigenvalue weighted by atomic mass is 19.3. The summed E-state index contributed by atoms with van der Waals surface area (Å²) in [6.45, 7) is -2.98. The molecule has 15 heavy (non-hydrogen) atoms. The third kappa shape index (κ3) is 3.17.